The van der Waals surface area contributed by atoms with E-state index in [2.05, 4.69) is 43.2 Å². The Morgan fingerprint density at radius 2 is 1.88 bits per heavy atom. The quantitative estimate of drug-likeness (QED) is 0.199. The largest absolute Gasteiger partial charge is 0.488 e. The number of allylic oxidation sites excluding steroid dienone is 4. The highest BCUT2D eigenvalue weighted by Crippen LogP contribution is 2.42. The van der Waals surface area contributed by atoms with Gasteiger partial charge in [0.25, 0.3) is 11.8 Å². The summed E-state index contributed by atoms with van der Waals surface area (Å²) >= 11 is 0. The van der Waals surface area contributed by atoms with Gasteiger partial charge < -0.3 is 20.7 Å². The molecule has 1 radical (unpaired) electrons. The number of nitrogens with one attached hydrogen (secondary N) is 1. The molecule has 223 valence electrons. The maximum Gasteiger partial charge on any atom is 0.279 e. The normalized spacial score (nSPS) is 16.5. The Labute approximate surface area is 251 Å². The lowest BCUT2D eigenvalue weighted by atomic mass is 9.89. The molecule has 42 heavy (non-hydrogen) atoms. The molecule has 0 saturated heterocycles. The third kappa shape index (κ3) is 8.68. The van der Waals surface area contributed by atoms with E-state index in [9.17, 15) is 9.59 Å². The molecule has 0 spiro atoms. The van der Waals surface area contributed by atoms with Crippen molar-refractivity contribution in [2.24, 2.45) is 16.6 Å². The Balaban J connectivity index is 0.000000239. The summed E-state index contributed by atoms with van der Waals surface area (Å²) in [6.45, 7) is 9.98. The number of hydrogen-bond acceptors (Lipinski definition) is 4. The summed E-state index contributed by atoms with van der Waals surface area (Å²) in [6, 6.07) is 11.5. The van der Waals surface area contributed by atoms with Gasteiger partial charge in [0.05, 0.1) is 0 Å². The Morgan fingerprint density at radius 3 is 2.50 bits per heavy atom. The van der Waals surface area contributed by atoms with Crippen LogP contribution in [0.25, 0.3) is 5.57 Å². The summed E-state index contributed by atoms with van der Waals surface area (Å²) in [5, 5.41) is 2.81. The van der Waals surface area contributed by atoms with E-state index in [1.165, 1.54) is 5.56 Å². The van der Waals surface area contributed by atoms with Crippen LogP contribution in [0.2, 0.25) is 0 Å². The minimum Gasteiger partial charge on any atom is -0.488 e. The van der Waals surface area contributed by atoms with Gasteiger partial charge >= 0.3 is 0 Å². The lowest BCUT2D eigenvalue weighted by Gasteiger charge is -2.33. The van der Waals surface area contributed by atoms with E-state index in [1.54, 1.807) is 25.4 Å². The van der Waals surface area contributed by atoms with Crippen LogP contribution in [0, 0.1) is 19.3 Å². The van der Waals surface area contributed by atoms with E-state index in [-0.39, 0.29) is 24.7 Å². The summed E-state index contributed by atoms with van der Waals surface area (Å²) in [4.78, 5) is 30.7. The third-order valence-electron chi connectivity index (χ3n) is 7.39. The van der Waals surface area contributed by atoms with Gasteiger partial charge in [-0.1, -0.05) is 42.8 Å². The average Bonchev–Trinajstić information content (AvgIpc) is 3.88. The van der Waals surface area contributed by atoms with Crippen molar-refractivity contribution in [2.75, 3.05) is 20.1 Å². The zero-order valence-corrected chi connectivity index (χ0v) is 25.4. The first kappa shape index (κ1) is 30.8. The zero-order valence-electron chi connectivity index (χ0n) is 25.4. The number of carbonyl (C=O) groups is 2. The minimum atomic E-state index is -0.370. The van der Waals surface area contributed by atoms with Crippen LogP contribution in [0.5, 0.6) is 5.75 Å². The fraction of sp³-hybridized carbons (Fsp3) is 0.371. The fourth-order valence-electron chi connectivity index (χ4n) is 4.80. The molecule has 7 nitrogen and oxygen atoms in total. The smallest absolute Gasteiger partial charge is 0.279 e. The van der Waals surface area contributed by atoms with Gasteiger partial charge in [0, 0.05) is 44.7 Å². The van der Waals surface area contributed by atoms with Crippen molar-refractivity contribution >= 4 is 23.2 Å². The van der Waals surface area contributed by atoms with Crippen LogP contribution in [0.3, 0.4) is 0 Å². The number of aliphatic imine (C=N–C) groups is 1. The second kappa shape index (κ2) is 13.7. The van der Waals surface area contributed by atoms with Gasteiger partial charge in [-0.05, 0) is 100 Å². The third-order valence-corrected chi connectivity index (χ3v) is 7.39. The van der Waals surface area contributed by atoms with E-state index >= 15 is 0 Å². The van der Waals surface area contributed by atoms with Crippen molar-refractivity contribution in [2.45, 2.75) is 59.0 Å². The van der Waals surface area contributed by atoms with Crippen molar-refractivity contribution in [3.05, 3.63) is 101 Å². The molecule has 3 N–H and O–H groups in total. The molecule has 0 unspecified atom stereocenters. The number of benzene rings is 2. The summed E-state index contributed by atoms with van der Waals surface area (Å²) in [7, 11) is 1.75. The highest BCUT2D eigenvalue weighted by atomic mass is 16.5. The lowest BCUT2D eigenvalue weighted by Crippen LogP contribution is -2.33. The summed E-state index contributed by atoms with van der Waals surface area (Å²) in [5.74, 6) is 1.36. The van der Waals surface area contributed by atoms with Crippen LogP contribution in [0.1, 0.15) is 78.9 Å². The van der Waals surface area contributed by atoms with Crippen molar-refractivity contribution in [3.8, 4) is 5.75 Å². The topological polar surface area (TPSA) is 97.0 Å². The second-order valence-electron chi connectivity index (χ2n) is 11.6. The molecule has 2 aliphatic carbocycles. The molecule has 1 heterocycles. The molecule has 2 aromatic carbocycles. The highest BCUT2D eigenvalue weighted by molar-refractivity contribution is 6.07. The molecule has 2 amide bonds. The number of aryl methyl sites for hydroxylation is 1. The predicted octanol–water partition coefficient (Wildman–Crippen LogP) is 6.29. The first-order chi connectivity index (χ1) is 20.1. The van der Waals surface area contributed by atoms with Crippen LogP contribution >= 0.6 is 0 Å². The van der Waals surface area contributed by atoms with Gasteiger partial charge in [0.1, 0.15) is 17.2 Å². The Morgan fingerprint density at radius 1 is 1.17 bits per heavy atom. The summed E-state index contributed by atoms with van der Waals surface area (Å²) < 4.78 is 6.10. The van der Waals surface area contributed by atoms with Crippen LogP contribution < -0.4 is 15.8 Å². The van der Waals surface area contributed by atoms with Gasteiger partial charge in [-0.25, -0.2) is 0 Å². The number of ether oxygens (including phenoxy) is 1. The molecular weight excluding hydrogens is 524 g/mol. The number of carbonyl (C=O) groups excluding carboxylic acids is 2. The first-order valence-corrected chi connectivity index (χ1v) is 14.8. The van der Waals surface area contributed by atoms with E-state index in [0.717, 1.165) is 66.8 Å². The minimum absolute atomic E-state index is 0. The van der Waals surface area contributed by atoms with Crippen LogP contribution in [0.4, 0.5) is 0 Å². The average molecular weight is 570 g/mol. The van der Waals surface area contributed by atoms with Gasteiger partial charge in [-0.3, -0.25) is 9.59 Å². The second-order valence-corrected chi connectivity index (χ2v) is 11.6. The van der Waals surface area contributed by atoms with Crippen LogP contribution in [-0.4, -0.2) is 48.3 Å². The number of amidine groups is 1. The maximum absolute atomic E-state index is 12.5. The van der Waals surface area contributed by atoms with Crippen LogP contribution in [-0.2, 0) is 6.42 Å². The highest BCUT2D eigenvalue weighted by Gasteiger charge is 2.31. The Kier molecular flexibility index (Phi) is 10.0. The van der Waals surface area contributed by atoms with Gasteiger partial charge in [0.2, 0.25) is 0 Å². The van der Waals surface area contributed by atoms with E-state index in [4.69, 9.17) is 10.5 Å². The maximum atomic E-state index is 12.5. The van der Waals surface area contributed by atoms with Gasteiger partial charge in [-0.15, -0.1) is 0 Å². The van der Waals surface area contributed by atoms with E-state index < -0.39 is 0 Å². The number of amides is 2. The molecule has 1 aliphatic heterocycles. The Hall–Kier alpha value is -4.13. The summed E-state index contributed by atoms with van der Waals surface area (Å²) in [5.41, 5.74) is 11.4. The first-order valence-electron chi connectivity index (χ1n) is 14.8. The monoisotopic (exact) mass is 569 g/mol. The molecule has 3 aliphatic rings. The van der Waals surface area contributed by atoms with Crippen molar-refractivity contribution < 1.29 is 15.8 Å². The standard InChI is InChI=1S/C19H22N3O2.C16H21NO.H2/c1-19(2)8-6-14-15(12-4-5-12)10-13(11-16(14)24-19)18(23)22-17(20)7-9-21-3;1-3-11-17(12-10-14-6-7-14)16(18)15-8-4-13(2)5-9-15;/h4-5,7,9-11,21H,6,8H2,1-3H3,(H2,20,22,23);4-9,14H,3,10-12H2,1-2H3;1H/b9-7-;;. The molecule has 5 rings (SSSR count). The zero-order chi connectivity index (χ0) is 30.3. The Bertz CT molecular complexity index is 1420. The van der Waals surface area contributed by atoms with Crippen LogP contribution in [0.15, 0.2) is 71.9 Å². The number of rotatable bonds is 10. The molecule has 0 aromatic heterocycles. The molecule has 0 bridgehead atoms. The van der Waals surface area contributed by atoms with E-state index in [1.807, 2.05) is 54.7 Å². The molecular formula is C35H45N4O3. The SMILES string of the molecule is CCCN(CCC1C=C1)C(=O)c1ccc(C)cc1.CN/C=C\C(N)=NC(=O)c1cc2c(c(C3=C[CH]3)c1)CCC(C)(C)O2.[HH]. The van der Waals surface area contributed by atoms with Gasteiger partial charge in [-0.2, -0.15) is 4.99 Å². The number of hydrogen-bond donors (Lipinski definition) is 2. The molecule has 0 atom stereocenters. The predicted molar refractivity (Wildman–Crippen MR) is 173 cm³/mol. The van der Waals surface area contributed by atoms with Crippen molar-refractivity contribution in [3.63, 3.8) is 0 Å². The molecule has 7 heteroatoms. The molecule has 0 fully saturated rings. The van der Waals surface area contributed by atoms with Crippen molar-refractivity contribution in [1.82, 2.24) is 10.2 Å². The van der Waals surface area contributed by atoms with Crippen molar-refractivity contribution in [1.29, 1.82) is 0 Å². The number of nitrogens with two attached hydrogens (primary N) is 1. The molecule has 2 aromatic rings. The fourth-order valence-corrected chi connectivity index (χ4v) is 4.80. The van der Waals surface area contributed by atoms with E-state index in [0.29, 0.717) is 11.5 Å². The van der Waals surface area contributed by atoms with Gasteiger partial charge in [0.15, 0.2) is 0 Å². The summed E-state index contributed by atoms with van der Waals surface area (Å²) in [6.07, 6.45) is 15.6. The number of fused-ring (bicyclic) bond motifs is 1. The molecule has 0 saturated carbocycles. The number of nitrogens with zero attached hydrogens (tertiary/aromatic N) is 2. The lowest BCUT2D eigenvalue weighted by molar-refractivity contribution is 0.0751.